The summed E-state index contributed by atoms with van der Waals surface area (Å²) in [6.45, 7) is 0.131. The quantitative estimate of drug-likeness (QED) is 0.485. The molecule has 5 nitrogen and oxygen atoms in total. The van der Waals surface area contributed by atoms with Crippen molar-refractivity contribution in [1.82, 2.24) is 8.83 Å². The molecule has 0 aromatic heterocycles. The number of hydrogen-bond acceptors (Lipinski definition) is 5. The largest absolute Gasteiger partial charge is 0.508 e. The van der Waals surface area contributed by atoms with Gasteiger partial charge in [-0.2, -0.15) is 4.41 Å². The molecule has 0 aliphatic heterocycles. The van der Waals surface area contributed by atoms with E-state index in [1.54, 1.807) is 18.2 Å². The molecule has 0 radical (unpaired) electrons. The van der Waals surface area contributed by atoms with Crippen molar-refractivity contribution in [3.63, 3.8) is 0 Å². The van der Waals surface area contributed by atoms with Gasteiger partial charge >= 0.3 is 6.09 Å². The zero-order valence-electron chi connectivity index (χ0n) is 7.61. The van der Waals surface area contributed by atoms with Gasteiger partial charge in [-0.25, -0.2) is 4.79 Å². The van der Waals surface area contributed by atoms with Crippen LogP contribution in [0.1, 0.15) is 5.56 Å². The summed E-state index contributed by atoms with van der Waals surface area (Å²) < 4.78 is 1.68. The number of para-hydroxylation sites is 1. The predicted octanol–water partition coefficient (Wildman–Crippen LogP) is 1.78. The minimum Gasteiger partial charge on any atom is -0.508 e. The van der Waals surface area contributed by atoms with Crippen molar-refractivity contribution >= 4 is 31.7 Å². The first-order chi connectivity index (χ1) is 7.02. The van der Waals surface area contributed by atoms with Crippen LogP contribution in [0, 0.1) is 0 Å². The molecular formula is C8H10N2O3S2. The molecular weight excluding hydrogens is 236 g/mol. The molecule has 1 amide bonds. The molecule has 1 aromatic carbocycles. The van der Waals surface area contributed by atoms with Crippen LogP contribution in [0.2, 0.25) is 0 Å². The molecule has 0 aliphatic carbocycles. The van der Waals surface area contributed by atoms with Crippen LogP contribution in [-0.4, -0.2) is 25.1 Å². The SMILES string of the molecule is O=C(O)N(S)N(S)Cc1ccccc1O. The van der Waals surface area contributed by atoms with E-state index in [1.807, 2.05) is 0 Å². The number of carbonyl (C=O) groups is 1. The van der Waals surface area contributed by atoms with Crippen LogP contribution in [0.4, 0.5) is 4.79 Å². The number of thiol groups is 2. The van der Waals surface area contributed by atoms with E-state index >= 15 is 0 Å². The van der Waals surface area contributed by atoms with Crippen molar-refractivity contribution in [2.24, 2.45) is 0 Å². The van der Waals surface area contributed by atoms with Crippen molar-refractivity contribution in [3.05, 3.63) is 29.8 Å². The van der Waals surface area contributed by atoms with Gasteiger partial charge in [0.2, 0.25) is 0 Å². The zero-order valence-corrected chi connectivity index (χ0v) is 9.40. The Kier molecular flexibility index (Phi) is 4.13. The lowest BCUT2D eigenvalue weighted by Gasteiger charge is -2.22. The lowest BCUT2D eigenvalue weighted by atomic mass is 10.2. The summed E-state index contributed by atoms with van der Waals surface area (Å²) in [6, 6.07) is 6.60. The molecule has 2 N–H and O–H groups in total. The molecule has 0 atom stereocenters. The van der Waals surface area contributed by atoms with E-state index in [9.17, 15) is 9.90 Å². The number of benzene rings is 1. The van der Waals surface area contributed by atoms with Crippen molar-refractivity contribution in [3.8, 4) is 5.75 Å². The maximum atomic E-state index is 10.5. The molecule has 0 saturated carbocycles. The zero-order chi connectivity index (χ0) is 11.4. The van der Waals surface area contributed by atoms with E-state index in [1.165, 1.54) is 6.07 Å². The van der Waals surface area contributed by atoms with Crippen LogP contribution in [0.3, 0.4) is 0 Å². The second kappa shape index (κ2) is 5.15. The van der Waals surface area contributed by atoms with E-state index < -0.39 is 6.09 Å². The Labute approximate surface area is 98.0 Å². The third-order valence-corrected chi connectivity index (χ3v) is 2.54. The van der Waals surface area contributed by atoms with Crippen molar-refractivity contribution in [1.29, 1.82) is 0 Å². The first-order valence-corrected chi connectivity index (χ1v) is 4.77. The fraction of sp³-hybridized carbons (Fsp3) is 0.125. The van der Waals surface area contributed by atoms with Crippen LogP contribution in [0.15, 0.2) is 24.3 Å². The number of phenols is 1. The average Bonchev–Trinajstić information content (AvgIpc) is 2.20. The summed E-state index contributed by atoms with van der Waals surface area (Å²) in [5, 5.41) is 18.0. The van der Waals surface area contributed by atoms with E-state index in [0.717, 1.165) is 4.41 Å². The summed E-state index contributed by atoms with van der Waals surface area (Å²) in [5.41, 5.74) is 0.563. The molecule has 15 heavy (non-hydrogen) atoms. The molecule has 1 rings (SSSR count). The predicted molar refractivity (Wildman–Crippen MR) is 61.5 cm³/mol. The summed E-state index contributed by atoms with van der Waals surface area (Å²) in [4.78, 5) is 10.5. The summed E-state index contributed by atoms with van der Waals surface area (Å²) in [5.74, 6) is 0.0867. The lowest BCUT2D eigenvalue weighted by molar-refractivity contribution is 0.128. The first-order valence-electron chi connectivity index (χ1n) is 3.97. The Morgan fingerprint density at radius 2 is 1.93 bits per heavy atom. The Morgan fingerprint density at radius 1 is 1.33 bits per heavy atom. The monoisotopic (exact) mass is 246 g/mol. The Hall–Kier alpha value is -1.05. The fourth-order valence-corrected chi connectivity index (χ4v) is 1.25. The number of hydrazine groups is 1. The van der Waals surface area contributed by atoms with Gasteiger partial charge in [-0.05, 0) is 18.9 Å². The normalized spacial score (nSPS) is 10.3. The standard InChI is InChI=1S/C8H10N2O3S2/c11-7-4-2-1-3-6(7)5-9(14)10(15)8(12)13/h1-4,11,14-15H,5H2,(H,12,13). The second-order valence-corrected chi connectivity index (χ2v) is 3.57. The van der Waals surface area contributed by atoms with Gasteiger partial charge in [0.05, 0.1) is 6.54 Å². The number of aromatic hydroxyl groups is 1. The molecule has 7 heteroatoms. The van der Waals surface area contributed by atoms with Gasteiger partial charge in [0.25, 0.3) is 0 Å². The van der Waals surface area contributed by atoms with Gasteiger partial charge in [0.15, 0.2) is 0 Å². The number of carboxylic acid groups (broad SMARTS) is 1. The number of nitrogens with zero attached hydrogens (tertiary/aromatic N) is 2. The molecule has 0 aliphatic rings. The highest BCUT2D eigenvalue weighted by atomic mass is 32.1. The average molecular weight is 246 g/mol. The molecule has 0 saturated heterocycles. The van der Waals surface area contributed by atoms with E-state index in [0.29, 0.717) is 9.98 Å². The molecule has 0 unspecified atom stereocenters. The van der Waals surface area contributed by atoms with Gasteiger partial charge < -0.3 is 10.2 Å². The second-order valence-electron chi connectivity index (χ2n) is 2.73. The maximum Gasteiger partial charge on any atom is 0.433 e. The van der Waals surface area contributed by atoms with Crippen molar-refractivity contribution in [2.45, 2.75) is 6.54 Å². The van der Waals surface area contributed by atoms with Gasteiger partial charge in [0.1, 0.15) is 5.75 Å². The van der Waals surface area contributed by atoms with Gasteiger partial charge in [0, 0.05) is 5.56 Å². The summed E-state index contributed by atoms with van der Waals surface area (Å²) >= 11 is 7.60. The van der Waals surface area contributed by atoms with E-state index in [2.05, 4.69) is 25.6 Å². The molecule has 0 heterocycles. The van der Waals surface area contributed by atoms with Gasteiger partial charge in [-0.15, -0.1) is 4.41 Å². The fourth-order valence-electron chi connectivity index (χ4n) is 0.963. The molecule has 0 spiro atoms. The molecule has 1 aromatic rings. The Bertz CT molecular complexity index is 361. The third kappa shape index (κ3) is 3.22. The van der Waals surface area contributed by atoms with E-state index in [-0.39, 0.29) is 12.3 Å². The molecule has 82 valence electrons. The molecule has 0 bridgehead atoms. The lowest BCUT2D eigenvalue weighted by Crippen LogP contribution is -2.32. The minimum atomic E-state index is -1.25. The van der Waals surface area contributed by atoms with Crippen LogP contribution in [0.25, 0.3) is 0 Å². The Morgan fingerprint density at radius 3 is 2.47 bits per heavy atom. The van der Waals surface area contributed by atoms with Crippen molar-refractivity contribution < 1.29 is 15.0 Å². The van der Waals surface area contributed by atoms with Crippen molar-refractivity contribution in [2.75, 3.05) is 0 Å². The Balaban J connectivity index is 2.70. The van der Waals surface area contributed by atoms with Crippen LogP contribution < -0.4 is 0 Å². The number of phenolic OH excluding ortho intramolecular Hbond substituents is 1. The number of hydrogen-bond donors (Lipinski definition) is 4. The smallest absolute Gasteiger partial charge is 0.433 e. The topological polar surface area (TPSA) is 64.0 Å². The summed E-state index contributed by atoms with van der Waals surface area (Å²) in [6.07, 6.45) is -1.25. The minimum absolute atomic E-state index is 0.0867. The highest BCUT2D eigenvalue weighted by Gasteiger charge is 2.15. The highest BCUT2D eigenvalue weighted by Crippen LogP contribution is 2.20. The number of rotatable bonds is 3. The first kappa shape index (κ1) is 12.0. The maximum absolute atomic E-state index is 10.5. The number of amides is 1. The molecule has 0 fully saturated rings. The van der Waals surface area contributed by atoms with Crippen LogP contribution in [-0.2, 0) is 6.54 Å². The third-order valence-electron chi connectivity index (χ3n) is 1.69. The summed E-state index contributed by atoms with van der Waals surface area (Å²) in [7, 11) is 0. The van der Waals surface area contributed by atoms with Gasteiger partial charge in [-0.3, -0.25) is 0 Å². The highest BCUT2D eigenvalue weighted by molar-refractivity contribution is 7.81. The van der Waals surface area contributed by atoms with Gasteiger partial charge in [-0.1, -0.05) is 31.0 Å². The van der Waals surface area contributed by atoms with E-state index in [4.69, 9.17) is 5.11 Å². The van der Waals surface area contributed by atoms with Crippen LogP contribution in [0.5, 0.6) is 5.75 Å². The van der Waals surface area contributed by atoms with Crippen LogP contribution >= 0.6 is 25.6 Å².